The Kier molecular flexibility index (Phi) is 5.61. The summed E-state index contributed by atoms with van der Waals surface area (Å²) < 4.78 is 1.03. The van der Waals surface area contributed by atoms with Crippen molar-refractivity contribution in [3.63, 3.8) is 0 Å². The maximum Gasteiger partial charge on any atom is 0.225 e. The molecular formula is C16H23BrN2O. The van der Waals surface area contributed by atoms with Gasteiger partial charge in [-0.05, 0) is 37.5 Å². The van der Waals surface area contributed by atoms with E-state index in [4.69, 9.17) is 5.73 Å². The normalized spacial score (nSPS) is 24.8. The molecule has 0 aromatic heterocycles. The molecule has 110 valence electrons. The standard InChI is InChI=1S/C16H23BrN2O/c1-11(12-6-5-7-13(17)10-12)19-16(20)14-8-3-2-4-9-15(14)18/h5-7,10-11,14-15H,2-4,8-9,18H2,1H3,(H,19,20)/t11-,14?,15?/m1/s1. The van der Waals surface area contributed by atoms with Gasteiger partial charge in [-0.1, -0.05) is 47.3 Å². The number of hydrogen-bond acceptors (Lipinski definition) is 2. The lowest BCUT2D eigenvalue weighted by atomic mass is 9.94. The number of carbonyl (C=O) groups excluding carboxylic acids is 1. The van der Waals surface area contributed by atoms with Crippen molar-refractivity contribution < 1.29 is 4.79 Å². The Morgan fingerprint density at radius 3 is 2.85 bits per heavy atom. The molecule has 4 heteroatoms. The molecule has 0 radical (unpaired) electrons. The van der Waals surface area contributed by atoms with Crippen molar-refractivity contribution >= 4 is 21.8 Å². The van der Waals surface area contributed by atoms with Gasteiger partial charge in [0, 0.05) is 10.5 Å². The van der Waals surface area contributed by atoms with Crippen LogP contribution >= 0.6 is 15.9 Å². The molecule has 3 nitrogen and oxygen atoms in total. The molecule has 1 saturated carbocycles. The summed E-state index contributed by atoms with van der Waals surface area (Å²) in [6, 6.07) is 8.06. The largest absolute Gasteiger partial charge is 0.349 e. The third-order valence-electron chi connectivity index (χ3n) is 4.11. The van der Waals surface area contributed by atoms with Crippen molar-refractivity contribution in [1.82, 2.24) is 5.32 Å². The van der Waals surface area contributed by atoms with E-state index >= 15 is 0 Å². The zero-order valence-electron chi connectivity index (χ0n) is 11.9. The fraction of sp³-hybridized carbons (Fsp3) is 0.562. The van der Waals surface area contributed by atoms with Crippen LogP contribution in [0.4, 0.5) is 0 Å². The van der Waals surface area contributed by atoms with E-state index in [-0.39, 0.29) is 23.9 Å². The van der Waals surface area contributed by atoms with E-state index in [2.05, 4.69) is 21.2 Å². The molecule has 3 atom stereocenters. The van der Waals surface area contributed by atoms with Gasteiger partial charge in [0.2, 0.25) is 5.91 Å². The van der Waals surface area contributed by atoms with E-state index in [1.165, 1.54) is 6.42 Å². The lowest BCUT2D eigenvalue weighted by molar-refractivity contribution is -0.126. The van der Waals surface area contributed by atoms with Crippen LogP contribution in [-0.4, -0.2) is 11.9 Å². The van der Waals surface area contributed by atoms with Gasteiger partial charge >= 0.3 is 0 Å². The van der Waals surface area contributed by atoms with Crippen LogP contribution in [0.2, 0.25) is 0 Å². The maximum atomic E-state index is 12.4. The maximum absolute atomic E-state index is 12.4. The molecule has 0 saturated heterocycles. The Morgan fingerprint density at radius 2 is 2.10 bits per heavy atom. The predicted molar refractivity (Wildman–Crippen MR) is 85.3 cm³/mol. The Balaban J connectivity index is 1.99. The summed E-state index contributed by atoms with van der Waals surface area (Å²) in [5, 5.41) is 3.11. The van der Waals surface area contributed by atoms with Crippen LogP contribution < -0.4 is 11.1 Å². The molecule has 1 aliphatic rings. The zero-order chi connectivity index (χ0) is 14.5. The summed E-state index contributed by atoms with van der Waals surface area (Å²) in [7, 11) is 0. The number of nitrogens with one attached hydrogen (secondary N) is 1. The Labute approximate surface area is 129 Å². The van der Waals surface area contributed by atoms with Gasteiger partial charge in [-0.25, -0.2) is 0 Å². The minimum atomic E-state index is -0.0351. The first-order valence-electron chi connectivity index (χ1n) is 7.39. The second kappa shape index (κ2) is 7.23. The average molecular weight is 339 g/mol. The highest BCUT2D eigenvalue weighted by Crippen LogP contribution is 2.24. The predicted octanol–water partition coefficient (Wildman–Crippen LogP) is 3.53. The second-order valence-electron chi connectivity index (χ2n) is 5.69. The molecule has 0 heterocycles. The van der Waals surface area contributed by atoms with Crippen LogP contribution in [0.25, 0.3) is 0 Å². The molecule has 1 amide bonds. The van der Waals surface area contributed by atoms with Crippen molar-refractivity contribution in [3.05, 3.63) is 34.3 Å². The average Bonchev–Trinajstić information content (AvgIpc) is 2.63. The molecule has 1 aromatic carbocycles. The molecular weight excluding hydrogens is 316 g/mol. The lowest BCUT2D eigenvalue weighted by Crippen LogP contribution is -2.42. The van der Waals surface area contributed by atoms with Crippen molar-refractivity contribution in [2.75, 3.05) is 0 Å². The van der Waals surface area contributed by atoms with E-state index in [0.717, 1.165) is 35.7 Å². The SMILES string of the molecule is C[C@@H](NC(=O)C1CCCCCC1N)c1cccc(Br)c1. The number of halogens is 1. The summed E-state index contributed by atoms with van der Waals surface area (Å²) in [4.78, 5) is 12.4. The molecule has 0 bridgehead atoms. The van der Waals surface area contributed by atoms with Gasteiger partial charge in [0.15, 0.2) is 0 Å². The summed E-state index contributed by atoms with van der Waals surface area (Å²) in [5.74, 6) is 0.0685. The van der Waals surface area contributed by atoms with Crippen LogP contribution in [0, 0.1) is 5.92 Å². The van der Waals surface area contributed by atoms with Crippen molar-refractivity contribution in [2.45, 2.75) is 51.1 Å². The third-order valence-corrected chi connectivity index (χ3v) is 4.61. The third kappa shape index (κ3) is 4.06. The van der Waals surface area contributed by atoms with Gasteiger partial charge in [0.1, 0.15) is 0 Å². The van der Waals surface area contributed by atoms with E-state index < -0.39 is 0 Å². The van der Waals surface area contributed by atoms with Crippen molar-refractivity contribution in [2.24, 2.45) is 11.7 Å². The van der Waals surface area contributed by atoms with E-state index in [1.54, 1.807) is 0 Å². The Bertz CT molecular complexity index is 464. The summed E-state index contributed by atoms with van der Waals surface area (Å²) in [6.07, 6.45) is 5.32. The molecule has 20 heavy (non-hydrogen) atoms. The number of carbonyl (C=O) groups is 1. The monoisotopic (exact) mass is 338 g/mol. The second-order valence-corrected chi connectivity index (χ2v) is 6.61. The van der Waals surface area contributed by atoms with E-state index in [0.29, 0.717) is 0 Å². The minimum absolute atomic E-state index is 0.00668. The van der Waals surface area contributed by atoms with Crippen LogP contribution in [0.3, 0.4) is 0 Å². The molecule has 1 aromatic rings. The molecule has 1 aliphatic carbocycles. The van der Waals surface area contributed by atoms with Gasteiger partial charge in [-0.2, -0.15) is 0 Å². The van der Waals surface area contributed by atoms with E-state index in [9.17, 15) is 4.79 Å². The summed E-state index contributed by atoms with van der Waals surface area (Å²) in [6.45, 7) is 2.02. The zero-order valence-corrected chi connectivity index (χ0v) is 13.5. The Morgan fingerprint density at radius 1 is 1.35 bits per heavy atom. The summed E-state index contributed by atoms with van der Waals surface area (Å²) in [5.41, 5.74) is 7.26. The summed E-state index contributed by atoms with van der Waals surface area (Å²) >= 11 is 3.46. The first kappa shape index (κ1) is 15.5. The highest BCUT2D eigenvalue weighted by Gasteiger charge is 2.27. The Hall–Kier alpha value is -0.870. The van der Waals surface area contributed by atoms with Gasteiger partial charge in [0.25, 0.3) is 0 Å². The smallest absolute Gasteiger partial charge is 0.225 e. The molecule has 1 fully saturated rings. The molecule has 0 spiro atoms. The number of hydrogen-bond donors (Lipinski definition) is 2. The van der Waals surface area contributed by atoms with Crippen molar-refractivity contribution in [1.29, 1.82) is 0 Å². The first-order valence-corrected chi connectivity index (χ1v) is 8.18. The quantitative estimate of drug-likeness (QED) is 0.828. The fourth-order valence-corrected chi connectivity index (χ4v) is 3.26. The van der Waals surface area contributed by atoms with Crippen LogP contribution in [0.1, 0.15) is 50.6 Å². The number of amides is 1. The first-order chi connectivity index (χ1) is 9.58. The topological polar surface area (TPSA) is 55.1 Å². The van der Waals surface area contributed by atoms with Crippen LogP contribution in [0.5, 0.6) is 0 Å². The number of benzene rings is 1. The fourth-order valence-electron chi connectivity index (χ4n) is 2.84. The molecule has 2 unspecified atom stereocenters. The highest BCUT2D eigenvalue weighted by molar-refractivity contribution is 9.10. The van der Waals surface area contributed by atoms with Gasteiger partial charge in [-0.3, -0.25) is 4.79 Å². The number of rotatable bonds is 3. The van der Waals surface area contributed by atoms with Crippen molar-refractivity contribution in [3.8, 4) is 0 Å². The van der Waals surface area contributed by atoms with E-state index in [1.807, 2.05) is 31.2 Å². The molecule has 2 rings (SSSR count). The molecule has 0 aliphatic heterocycles. The van der Waals surface area contributed by atoms with Gasteiger partial charge in [-0.15, -0.1) is 0 Å². The van der Waals surface area contributed by atoms with Crippen LogP contribution in [-0.2, 0) is 4.79 Å². The van der Waals surface area contributed by atoms with Gasteiger partial charge in [0.05, 0.1) is 12.0 Å². The van der Waals surface area contributed by atoms with Crippen LogP contribution in [0.15, 0.2) is 28.7 Å². The lowest BCUT2D eigenvalue weighted by Gasteiger charge is -2.23. The molecule has 3 N–H and O–H groups in total. The number of nitrogens with two attached hydrogens (primary N) is 1. The van der Waals surface area contributed by atoms with Gasteiger partial charge < -0.3 is 11.1 Å². The minimum Gasteiger partial charge on any atom is -0.349 e. The highest BCUT2D eigenvalue weighted by atomic mass is 79.9.